The van der Waals surface area contributed by atoms with Crippen molar-refractivity contribution in [2.75, 3.05) is 13.1 Å². The van der Waals surface area contributed by atoms with Crippen molar-refractivity contribution in [1.29, 1.82) is 0 Å². The molecule has 6 heteroatoms. The van der Waals surface area contributed by atoms with Crippen molar-refractivity contribution >= 4 is 17.0 Å². The Kier molecular flexibility index (Phi) is 8.20. The highest BCUT2D eigenvalue weighted by Gasteiger charge is 2.24. The molecule has 0 unspecified atom stereocenters. The molecule has 4 rings (SSSR count). The van der Waals surface area contributed by atoms with Gasteiger partial charge in [-0.05, 0) is 55.5 Å². The van der Waals surface area contributed by atoms with Gasteiger partial charge >= 0.3 is 5.97 Å². The lowest BCUT2D eigenvalue weighted by molar-refractivity contribution is -0.137. The van der Waals surface area contributed by atoms with Crippen molar-refractivity contribution in [3.63, 3.8) is 0 Å². The monoisotopic (exact) mass is 423 g/mol. The van der Waals surface area contributed by atoms with Gasteiger partial charge in [0.15, 0.2) is 0 Å². The molecule has 3 heterocycles. The lowest BCUT2D eigenvalue weighted by Crippen LogP contribution is -2.32. The summed E-state index contributed by atoms with van der Waals surface area (Å²) in [6.07, 6.45) is 8.33. The summed E-state index contributed by atoms with van der Waals surface area (Å²) in [5.74, 6) is -0.685. The van der Waals surface area contributed by atoms with E-state index in [2.05, 4.69) is 45.9 Å². The molecule has 166 valence electrons. The molecule has 31 heavy (non-hydrogen) atoms. The summed E-state index contributed by atoms with van der Waals surface area (Å²) in [6.45, 7) is 4.11. The number of carboxylic acid groups (broad SMARTS) is 1. The summed E-state index contributed by atoms with van der Waals surface area (Å²) in [6, 6.07) is 14.9. The number of carbonyl (C=O) groups is 1. The maximum absolute atomic E-state index is 10.6. The predicted octanol–water partition coefficient (Wildman–Crippen LogP) is 3.85. The van der Waals surface area contributed by atoms with Crippen molar-refractivity contribution < 1.29 is 15.4 Å². The van der Waals surface area contributed by atoms with Crippen LogP contribution < -0.4 is 0 Å². The molecular formula is C25H33N3O3. The first kappa shape index (κ1) is 23.0. The van der Waals surface area contributed by atoms with Gasteiger partial charge in [-0.15, -0.1) is 0 Å². The number of hydrogen-bond donors (Lipinski definition) is 1. The lowest BCUT2D eigenvalue weighted by Gasteiger charge is -2.28. The Balaban J connectivity index is 0.00000272. The molecule has 0 amide bonds. The molecule has 1 aliphatic heterocycles. The normalized spacial score (nSPS) is 13.7. The molecule has 0 spiro atoms. The Morgan fingerprint density at radius 3 is 2.61 bits per heavy atom. The van der Waals surface area contributed by atoms with E-state index in [4.69, 9.17) is 10.1 Å². The van der Waals surface area contributed by atoms with Crippen LogP contribution in [0.2, 0.25) is 0 Å². The Bertz CT molecular complexity index is 984. The fraction of sp³-hybridized carbons (Fsp3) is 0.440. The van der Waals surface area contributed by atoms with Gasteiger partial charge in [0.05, 0.1) is 0 Å². The molecule has 1 aromatic carbocycles. The van der Waals surface area contributed by atoms with Crippen LogP contribution >= 0.6 is 0 Å². The third-order valence-electron chi connectivity index (χ3n) is 6.17. The van der Waals surface area contributed by atoms with E-state index in [1.165, 1.54) is 22.2 Å². The molecule has 3 N–H and O–H groups in total. The molecule has 0 bridgehead atoms. The molecule has 2 aromatic heterocycles. The van der Waals surface area contributed by atoms with Gasteiger partial charge in [-0.25, -0.2) is 4.98 Å². The van der Waals surface area contributed by atoms with E-state index < -0.39 is 5.97 Å². The molecule has 0 atom stereocenters. The van der Waals surface area contributed by atoms with E-state index in [1.807, 2.05) is 12.3 Å². The van der Waals surface area contributed by atoms with Gasteiger partial charge < -0.3 is 15.1 Å². The number of hydrogen-bond acceptors (Lipinski definition) is 3. The Hall–Kier alpha value is -2.70. The van der Waals surface area contributed by atoms with Gasteiger partial charge in [0.25, 0.3) is 0 Å². The number of unbranched alkanes of at least 4 members (excludes halogenated alkanes) is 3. The largest absolute Gasteiger partial charge is 0.481 e. The molecule has 0 fully saturated rings. The van der Waals surface area contributed by atoms with E-state index in [1.54, 1.807) is 0 Å². The van der Waals surface area contributed by atoms with Crippen LogP contribution in [0.3, 0.4) is 0 Å². The summed E-state index contributed by atoms with van der Waals surface area (Å²) in [5, 5.41) is 10.1. The van der Waals surface area contributed by atoms with Crippen molar-refractivity contribution in [1.82, 2.24) is 14.5 Å². The third kappa shape index (κ3) is 5.71. The summed E-state index contributed by atoms with van der Waals surface area (Å²) in [5.41, 5.74) is 5.38. The van der Waals surface area contributed by atoms with Crippen LogP contribution in [0.5, 0.6) is 0 Å². The Labute approximate surface area is 183 Å². The topological polar surface area (TPSA) is 89.9 Å². The summed E-state index contributed by atoms with van der Waals surface area (Å²) < 4.78 is 2.44. The van der Waals surface area contributed by atoms with Crippen LogP contribution in [0.15, 0.2) is 48.7 Å². The number of pyridine rings is 1. The van der Waals surface area contributed by atoms with Gasteiger partial charge in [0, 0.05) is 43.3 Å². The van der Waals surface area contributed by atoms with Crippen LogP contribution in [0.1, 0.15) is 48.9 Å². The van der Waals surface area contributed by atoms with Crippen LogP contribution in [-0.4, -0.2) is 44.1 Å². The third-order valence-corrected chi connectivity index (χ3v) is 6.17. The van der Waals surface area contributed by atoms with Crippen LogP contribution in [0.4, 0.5) is 0 Å². The van der Waals surface area contributed by atoms with Crippen LogP contribution in [0, 0.1) is 0 Å². The first-order valence-corrected chi connectivity index (χ1v) is 11.2. The molecule has 0 radical (unpaired) electrons. The Morgan fingerprint density at radius 2 is 1.81 bits per heavy atom. The Morgan fingerprint density at radius 1 is 1.00 bits per heavy atom. The number of benzene rings is 1. The van der Waals surface area contributed by atoms with Gasteiger partial charge in [-0.3, -0.25) is 9.69 Å². The molecule has 3 aromatic rings. The average molecular weight is 424 g/mol. The number of fused-ring (bicyclic) bond motifs is 3. The second-order valence-corrected chi connectivity index (χ2v) is 8.27. The van der Waals surface area contributed by atoms with E-state index in [9.17, 15) is 4.79 Å². The van der Waals surface area contributed by atoms with Gasteiger partial charge in [-0.1, -0.05) is 43.2 Å². The highest BCUT2D eigenvalue weighted by molar-refractivity contribution is 5.82. The highest BCUT2D eigenvalue weighted by atomic mass is 16.4. The van der Waals surface area contributed by atoms with E-state index in [-0.39, 0.29) is 5.48 Å². The zero-order valence-corrected chi connectivity index (χ0v) is 18.1. The number of aromatic nitrogens is 2. The fourth-order valence-electron chi connectivity index (χ4n) is 4.60. The van der Waals surface area contributed by atoms with Gasteiger partial charge in [0.2, 0.25) is 0 Å². The zero-order chi connectivity index (χ0) is 20.8. The van der Waals surface area contributed by atoms with Crippen molar-refractivity contribution in [3.05, 3.63) is 65.5 Å². The molecule has 1 aliphatic rings. The zero-order valence-electron chi connectivity index (χ0n) is 18.1. The average Bonchev–Trinajstić information content (AvgIpc) is 3.08. The number of rotatable bonds is 10. The molecule has 6 nitrogen and oxygen atoms in total. The SMILES string of the molecule is O.O=C(O)CCCCCCN1CCc2c(n(CCc3ccccc3)c3ncccc23)C1. The van der Waals surface area contributed by atoms with E-state index in [0.717, 1.165) is 70.4 Å². The lowest BCUT2D eigenvalue weighted by atomic mass is 10.0. The molecule has 0 saturated heterocycles. The van der Waals surface area contributed by atoms with Crippen molar-refractivity contribution in [2.45, 2.75) is 58.0 Å². The summed E-state index contributed by atoms with van der Waals surface area (Å²) in [4.78, 5) is 17.9. The summed E-state index contributed by atoms with van der Waals surface area (Å²) in [7, 11) is 0. The van der Waals surface area contributed by atoms with E-state index >= 15 is 0 Å². The number of aliphatic carboxylic acids is 1. The number of nitrogens with zero attached hydrogens (tertiary/aromatic N) is 3. The fourth-order valence-corrected chi connectivity index (χ4v) is 4.60. The minimum atomic E-state index is -0.685. The summed E-state index contributed by atoms with van der Waals surface area (Å²) >= 11 is 0. The maximum Gasteiger partial charge on any atom is 0.303 e. The van der Waals surface area contributed by atoms with Crippen molar-refractivity contribution in [3.8, 4) is 0 Å². The van der Waals surface area contributed by atoms with Gasteiger partial charge in [-0.2, -0.15) is 0 Å². The first-order chi connectivity index (χ1) is 14.7. The molecular weight excluding hydrogens is 390 g/mol. The van der Waals surface area contributed by atoms with E-state index in [0.29, 0.717) is 6.42 Å². The second kappa shape index (κ2) is 11.1. The number of carboxylic acids is 1. The molecule has 0 saturated carbocycles. The smallest absolute Gasteiger partial charge is 0.303 e. The number of aryl methyl sites for hydroxylation is 2. The minimum Gasteiger partial charge on any atom is -0.481 e. The second-order valence-electron chi connectivity index (χ2n) is 8.27. The van der Waals surface area contributed by atoms with Gasteiger partial charge in [0.1, 0.15) is 5.65 Å². The maximum atomic E-state index is 10.6. The highest BCUT2D eigenvalue weighted by Crippen LogP contribution is 2.30. The van der Waals surface area contributed by atoms with Crippen LogP contribution in [-0.2, 0) is 30.7 Å². The first-order valence-electron chi connectivity index (χ1n) is 11.2. The predicted molar refractivity (Wildman–Crippen MR) is 123 cm³/mol. The minimum absolute atomic E-state index is 0. The standard InChI is InChI=1S/C25H31N3O2.H2O/c29-24(30)12-6-1-2-7-16-27-17-14-21-22-11-8-15-26-25(22)28(23(21)19-27)18-13-20-9-4-3-5-10-20;/h3-5,8-11,15H,1-2,6-7,12-14,16-19H2,(H,29,30);1H2. The van der Waals surface area contributed by atoms with Crippen molar-refractivity contribution in [2.24, 2.45) is 0 Å². The molecule has 0 aliphatic carbocycles. The van der Waals surface area contributed by atoms with Crippen LogP contribution in [0.25, 0.3) is 11.0 Å². The quantitative estimate of drug-likeness (QED) is 0.502.